The Hall–Kier alpha value is -2.35. The number of aromatic nitrogens is 1. The van der Waals surface area contributed by atoms with Crippen molar-refractivity contribution >= 4 is 5.91 Å². The number of nitrogens with zero attached hydrogens (tertiary/aromatic N) is 2. The number of rotatable bonds is 2. The Morgan fingerprint density at radius 3 is 2.96 bits per heavy atom. The van der Waals surface area contributed by atoms with E-state index in [9.17, 15) is 18.0 Å². The van der Waals surface area contributed by atoms with E-state index in [1.165, 1.54) is 12.1 Å². The minimum atomic E-state index is -4.47. The number of carbonyl (C=O) groups excluding carboxylic acids is 1. The number of hydrogen-bond acceptors (Lipinski definition) is 4. The van der Waals surface area contributed by atoms with Crippen LogP contribution in [-0.2, 0) is 10.9 Å². The van der Waals surface area contributed by atoms with E-state index in [0.29, 0.717) is 13.2 Å². The largest absolute Gasteiger partial charge is 0.443 e. The van der Waals surface area contributed by atoms with Gasteiger partial charge in [-0.1, -0.05) is 12.1 Å². The Balaban J connectivity index is 1.66. The summed E-state index contributed by atoms with van der Waals surface area (Å²) < 4.78 is 49.6. The molecular weight excluding hydrogens is 337 g/mol. The lowest BCUT2D eigenvalue weighted by Crippen LogP contribution is -2.44. The molecule has 0 radical (unpaired) electrons. The maximum Gasteiger partial charge on any atom is 0.416 e. The Morgan fingerprint density at radius 2 is 2.16 bits per heavy atom. The van der Waals surface area contributed by atoms with Crippen molar-refractivity contribution in [3.63, 3.8) is 0 Å². The summed E-state index contributed by atoms with van der Waals surface area (Å²) in [5, 5.41) is 0. The lowest BCUT2D eigenvalue weighted by molar-refractivity contribution is -0.137. The summed E-state index contributed by atoms with van der Waals surface area (Å²) in [4.78, 5) is 18.5. The fraction of sp³-hybridized carbons (Fsp3) is 0.412. The highest BCUT2D eigenvalue weighted by molar-refractivity contribution is 5.98. The smallest absolute Gasteiger partial charge is 0.416 e. The second-order valence-corrected chi connectivity index (χ2v) is 6.24. The van der Waals surface area contributed by atoms with Gasteiger partial charge in [0.2, 0.25) is 0 Å². The molecule has 1 aromatic heterocycles. The van der Waals surface area contributed by atoms with E-state index in [1.54, 1.807) is 4.90 Å². The van der Waals surface area contributed by atoms with Gasteiger partial charge in [0, 0.05) is 12.1 Å². The molecule has 5 nitrogen and oxygen atoms in total. The minimum Gasteiger partial charge on any atom is -0.443 e. The third-order valence-corrected chi connectivity index (χ3v) is 4.67. The Labute approximate surface area is 141 Å². The zero-order valence-corrected chi connectivity index (χ0v) is 13.1. The molecule has 25 heavy (non-hydrogen) atoms. The van der Waals surface area contributed by atoms with E-state index in [2.05, 4.69) is 4.98 Å². The molecule has 3 heterocycles. The first-order chi connectivity index (χ1) is 11.9. The van der Waals surface area contributed by atoms with E-state index in [1.807, 2.05) is 0 Å². The first kappa shape index (κ1) is 16.1. The number of likely N-dealkylation sites (tertiary alicyclic amines) is 1. The fourth-order valence-corrected chi connectivity index (χ4v) is 3.41. The van der Waals surface area contributed by atoms with Crippen LogP contribution in [0.25, 0.3) is 11.3 Å². The molecule has 2 aliphatic rings. The molecule has 8 heteroatoms. The van der Waals surface area contributed by atoms with Crippen LogP contribution in [0.1, 0.15) is 28.9 Å². The van der Waals surface area contributed by atoms with Gasteiger partial charge in [0.1, 0.15) is 0 Å². The zero-order valence-electron chi connectivity index (χ0n) is 13.1. The van der Waals surface area contributed by atoms with Crippen molar-refractivity contribution < 1.29 is 27.1 Å². The van der Waals surface area contributed by atoms with Crippen molar-refractivity contribution in [3.05, 3.63) is 41.9 Å². The molecule has 0 aliphatic carbocycles. The van der Waals surface area contributed by atoms with Crippen LogP contribution < -0.4 is 0 Å². The van der Waals surface area contributed by atoms with Crippen molar-refractivity contribution in [2.75, 3.05) is 13.2 Å². The van der Waals surface area contributed by atoms with E-state index in [-0.39, 0.29) is 35.1 Å². The number of hydrogen-bond donors (Lipinski definition) is 0. The molecule has 2 fully saturated rings. The standard InChI is InChI=1S/C17H15F3N2O3/c18-17(19,20)11-3-1-2-10(6-11)15-14(21-9-25-15)16(23)22-5-4-13-7-12(22)8-24-13/h1-3,6,9,12-13H,4-5,7-8H2. The van der Waals surface area contributed by atoms with Gasteiger partial charge in [-0.3, -0.25) is 4.79 Å². The summed E-state index contributed by atoms with van der Waals surface area (Å²) in [6.45, 7) is 1.02. The lowest BCUT2D eigenvalue weighted by atomic mass is 10.0. The van der Waals surface area contributed by atoms with Gasteiger partial charge in [0.25, 0.3) is 5.91 Å². The van der Waals surface area contributed by atoms with E-state index in [0.717, 1.165) is 31.4 Å². The molecule has 2 atom stereocenters. The van der Waals surface area contributed by atoms with Crippen LogP contribution in [0.4, 0.5) is 13.2 Å². The molecule has 2 saturated heterocycles. The maximum atomic E-state index is 12.9. The monoisotopic (exact) mass is 352 g/mol. The van der Waals surface area contributed by atoms with Gasteiger partial charge in [0.05, 0.1) is 24.3 Å². The third kappa shape index (κ3) is 2.90. The molecule has 0 spiro atoms. The second kappa shape index (κ2) is 5.87. The highest BCUT2D eigenvalue weighted by Crippen LogP contribution is 2.34. The number of fused-ring (bicyclic) bond motifs is 2. The summed E-state index contributed by atoms with van der Waals surface area (Å²) in [6, 6.07) is 4.67. The molecule has 2 aromatic rings. The van der Waals surface area contributed by atoms with Gasteiger partial charge in [-0.15, -0.1) is 0 Å². The van der Waals surface area contributed by atoms with Crippen LogP contribution >= 0.6 is 0 Å². The SMILES string of the molecule is O=C(c1ncoc1-c1cccc(C(F)(F)F)c1)N1CCC2CC1CO2. The van der Waals surface area contributed by atoms with E-state index in [4.69, 9.17) is 9.15 Å². The third-order valence-electron chi connectivity index (χ3n) is 4.67. The van der Waals surface area contributed by atoms with Crippen molar-refractivity contribution in [3.8, 4) is 11.3 Å². The molecular formula is C17H15F3N2O3. The van der Waals surface area contributed by atoms with Crippen molar-refractivity contribution in [1.29, 1.82) is 0 Å². The number of ether oxygens (including phenoxy) is 1. The highest BCUT2D eigenvalue weighted by Gasteiger charge is 2.39. The molecule has 2 unspecified atom stereocenters. The van der Waals surface area contributed by atoms with Crippen LogP contribution in [0.15, 0.2) is 35.1 Å². The number of benzene rings is 1. The topological polar surface area (TPSA) is 55.6 Å². The predicted molar refractivity (Wildman–Crippen MR) is 80.7 cm³/mol. The maximum absolute atomic E-state index is 12.9. The average molecular weight is 352 g/mol. The van der Waals surface area contributed by atoms with Gasteiger partial charge < -0.3 is 14.1 Å². The van der Waals surface area contributed by atoms with Gasteiger partial charge in [-0.2, -0.15) is 13.2 Å². The minimum absolute atomic E-state index is 0.0164. The molecule has 132 valence electrons. The summed E-state index contributed by atoms with van der Waals surface area (Å²) in [5.74, 6) is -0.285. The van der Waals surface area contributed by atoms with Gasteiger partial charge in [-0.25, -0.2) is 4.98 Å². The van der Waals surface area contributed by atoms with Crippen LogP contribution in [0.2, 0.25) is 0 Å². The molecule has 2 aliphatic heterocycles. The van der Waals surface area contributed by atoms with Gasteiger partial charge in [-0.05, 0) is 25.0 Å². The molecule has 0 saturated carbocycles. The summed E-state index contributed by atoms with van der Waals surface area (Å²) in [5.41, 5.74) is -0.595. The summed E-state index contributed by atoms with van der Waals surface area (Å²) in [7, 11) is 0. The van der Waals surface area contributed by atoms with Gasteiger partial charge in [0.15, 0.2) is 17.8 Å². The first-order valence-corrected chi connectivity index (χ1v) is 7.97. The first-order valence-electron chi connectivity index (χ1n) is 7.97. The molecule has 2 bridgehead atoms. The molecule has 4 rings (SSSR count). The zero-order chi connectivity index (χ0) is 17.6. The molecule has 1 aromatic carbocycles. The van der Waals surface area contributed by atoms with Crippen LogP contribution in [0.5, 0.6) is 0 Å². The number of amides is 1. The van der Waals surface area contributed by atoms with Crippen LogP contribution in [0, 0.1) is 0 Å². The van der Waals surface area contributed by atoms with Crippen molar-refractivity contribution in [2.24, 2.45) is 0 Å². The summed E-state index contributed by atoms with van der Waals surface area (Å²) >= 11 is 0. The van der Waals surface area contributed by atoms with Crippen molar-refractivity contribution in [1.82, 2.24) is 9.88 Å². The van der Waals surface area contributed by atoms with Crippen LogP contribution in [-0.4, -0.2) is 41.1 Å². The summed E-state index contributed by atoms with van der Waals surface area (Å²) in [6.07, 6.45) is -1.67. The molecule has 0 N–H and O–H groups in total. The highest BCUT2D eigenvalue weighted by atomic mass is 19.4. The number of piperidine rings is 1. The number of halogens is 3. The fourth-order valence-electron chi connectivity index (χ4n) is 3.41. The van der Waals surface area contributed by atoms with Crippen molar-refractivity contribution in [2.45, 2.75) is 31.2 Å². The Bertz CT molecular complexity index is 802. The number of alkyl halides is 3. The van der Waals surface area contributed by atoms with Crippen LogP contribution in [0.3, 0.4) is 0 Å². The quantitative estimate of drug-likeness (QED) is 0.832. The average Bonchev–Trinajstić information content (AvgIpc) is 3.21. The predicted octanol–water partition coefficient (Wildman–Crippen LogP) is 3.36. The molecule has 1 amide bonds. The second-order valence-electron chi connectivity index (χ2n) is 6.24. The van der Waals surface area contributed by atoms with E-state index < -0.39 is 11.7 Å². The lowest BCUT2D eigenvalue weighted by Gasteiger charge is -2.31. The number of oxazole rings is 1. The normalized spacial score (nSPS) is 23.1. The Morgan fingerprint density at radius 1 is 1.32 bits per heavy atom. The Kier molecular flexibility index (Phi) is 3.79. The number of carbonyl (C=O) groups is 1. The van der Waals surface area contributed by atoms with Gasteiger partial charge >= 0.3 is 6.18 Å². The van der Waals surface area contributed by atoms with E-state index >= 15 is 0 Å².